The summed E-state index contributed by atoms with van der Waals surface area (Å²) in [6.45, 7) is 3.81. The maximum Gasteiger partial charge on any atom is 0.406 e. The number of anilines is 1. The molecule has 0 spiro atoms. The molecule has 10 heteroatoms. The number of hydrogen-bond acceptors (Lipinski definition) is 8. The molecule has 2 aromatic rings. The lowest BCUT2D eigenvalue weighted by molar-refractivity contribution is -0.0333. The molecule has 0 saturated carbocycles. The van der Waals surface area contributed by atoms with Crippen LogP contribution in [0, 0.1) is 5.92 Å². The van der Waals surface area contributed by atoms with Crippen LogP contribution in [0.1, 0.15) is 38.8 Å². The first-order valence-corrected chi connectivity index (χ1v) is 10.2. The van der Waals surface area contributed by atoms with Gasteiger partial charge < -0.3 is 24.8 Å². The van der Waals surface area contributed by atoms with Gasteiger partial charge in [0.2, 0.25) is 0 Å². The molecular formula is C19H28N6O4. The van der Waals surface area contributed by atoms with Crippen molar-refractivity contribution in [2.24, 2.45) is 5.92 Å². The van der Waals surface area contributed by atoms with Crippen molar-refractivity contribution in [3.8, 4) is 0 Å². The summed E-state index contributed by atoms with van der Waals surface area (Å²) in [6.07, 6.45) is 6.33. The fraction of sp³-hybridized carbons (Fsp3) is 0.684. The van der Waals surface area contributed by atoms with Crippen molar-refractivity contribution in [1.29, 1.82) is 0 Å². The SMILES string of the molecule is CCC[C@H]1CC(n2cnc3c(N[C@@H]4CCOC4)ncnc32)O[C@@H]1COC(=O)NC. The van der Waals surface area contributed by atoms with E-state index in [1.54, 1.807) is 19.7 Å². The minimum Gasteiger partial charge on any atom is -0.447 e. The average molecular weight is 404 g/mol. The Hall–Kier alpha value is -2.46. The smallest absolute Gasteiger partial charge is 0.406 e. The molecule has 1 unspecified atom stereocenters. The summed E-state index contributed by atoms with van der Waals surface area (Å²) in [5, 5.41) is 5.88. The third-order valence-electron chi connectivity index (χ3n) is 5.54. The van der Waals surface area contributed by atoms with Crippen LogP contribution in [0.3, 0.4) is 0 Å². The summed E-state index contributed by atoms with van der Waals surface area (Å²) >= 11 is 0. The van der Waals surface area contributed by atoms with E-state index in [4.69, 9.17) is 14.2 Å². The second kappa shape index (κ2) is 8.91. The number of nitrogens with one attached hydrogen (secondary N) is 2. The van der Waals surface area contributed by atoms with E-state index in [1.165, 1.54) is 0 Å². The van der Waals surface area contributed by atoms with Gasteiger partial charge in [0.1, 0.15) is 19.2 Å². The van der Waals surface area contributed by atoms with Gasteiger partial charge in [-0.25, -0.2) is 19.7 Å². The van der Waals surface area contributed by atoms with Gasteiger partial charge in [-0.05, 0) is 25.2 Å². The Morgan fingerprint density at radius 1 is 1.38 bits per heavy atom. The Labute approximate surface area is 169 Å². The zero-order valence-electron chi connectivity index (χ0n) is 16.8. The molecule has 2 aromatic heterocycles. The average Bonchev–Trinajstić information content (AvgIpc) is 3.46. The highest BCUT2D eigenvalue weighted by atomic mass is 16.6. The molecule has 29 heavy (non-hydrogen) atoms. The van der Waals surface area contributed by atoms with Gasteiger partial charge in [0.15, 0.2) is 17.0 Å². The number of carbonyl (C=O) groups excluding carboxylic acids is 1. The van der Waals surface area contributed by atoms with Gasteiger partial charge in [-0.1, -0.05) is 13.3 Å². The predicted octanol–water partition coefficient (Wildman–Crippen LogP) is 2.09. The molecule has 0 aliphatic carbocycles. The fourth-order valence-electron chi connectivity index (χ4n) is 4.05. The number of carbonyl (C=O) groups is 1. The molecule has 2 N–H and O–H groups in total. The number of ether oxygens (including phenoxy) is 3. The topological polar surface area (TPSA) is 112 Å². The largest absolute Gasteiger partial charge is 0.447 e. The van der Waals surface area contributed by atoms with E-state index in [1.807, 2.05) is 4.57 Å². The zero-order valence-corrected chi connectivity index (χ0v) is 16.8. The molecule has 4 rings (SSSR count). The summed E-state index contributed by atoms with van der Waals surface area (Å²) in [4.78, 5) is 24.8. The monoisotopic (exact) mass is 404 g/mol. The maximum absolute atomic E-state index is 11.5. The third-order valence-corrected chi connectivity index (χ3v) is 5.54. The van der Waals surface area contributed by atoms with Crippen molar-refractivity contribution in [3.05, 3.63) is 12.7 Å². The van der Waals surface area contributed by atoms with E-state index < -0.39 is 6.09 Å². The van der Waals surface area contributed by atoms with Gasteiger partial charge in [-0.3, -0.25) is 4.57 Å². The number of hydrogen-bond donors (Lipinski definition) is 2. The number of amides is 1. The van der Waals surface area contributed by atoms with Crippen LogP contribution in [0.15, 0.2) is 12.7 Å². The number of rotatable bonds is 7. The van der Waals surface area contributed by atoms with Crippen LogP contribution in [-0.4, -0.2) is 64.6 Å². The Kier molecular flexibility index (Phi) is 6.10. The highest BCUT2D eigenvalue weighted by Gasteiger charge is 2.37. The number of alkyl carbamates (subject to hydrolysis) is 1. The first-order chi connectivity index (χ1) is 14.2. The molecule has 4 heterocycles. The first-order valence-electron chi connectivity index (χ1n) is 10.2. The Bertz CT molecular complexity index is 837. The summed E-state index contributed by atoms with van der Waals surface area (Å²) < 4.78 is 18.9. The standard InChI is InChI=1S/C19H28N6O4/c1-3-4-12-7-15(29-14(12)9-28-19(26)20-2)25-11-23-16-17(21-10-22-18(16)25)24-13-5-6-27-8-13/h10-15H,3-9H2,1-2H3,(H,20,26)(H,21,22,24)/t12-,13+,14+,15?/m0/s1. The highest BCUT2D eigenvalue weighted by molar-refractivity contribution is 5.82. The number of aromatic nitrogens is 4. The molecular weight excluding hydrogens is 376 g/mol. The van der Waals surface area contributed by atoms with Gasteiger partial charge in [0.25, 0.3) is 0 Å². The summed E-state index contributed by atoms with van der Waals surface area (Å²) in [7, 11) is 1.55. The lowest BCUT2D eigenvalue weighted by Crippen LogP contribution is -2.28. The summed E-state index contributed by atoms with van der Waals surface area (Å²) in [6, 6.07) is 0.237. The van der Waals surface area contributed by atoms with Crippen molar-refractivity contribution in [3.63, 3.8) is 0 Å². The molecule has 2 fully saturated rings. The van der Waals surface area contributed by atoms with Gasteiger partial charge in [-0.2, -0.15) is 0 Å². The molecule has 4 atom stereocenters. The first kappa shape index (κ1) is 19.8. The predicted molar refractivity (Wildman–Crippen MR) is 106 cm³/mol. The molecule has 1 amide bonds. The number of nitrogens with zero attached hydrogens (tertiary/aromatic N) is 4. The second-order valence-corrected chi connectivity index (χ2v) is 7.51. The fourth-order valence-corrected chi connectivity index (χ4v) is 4.05. The van der Waals surface area contributed by atoms with E-state index in [2.05, 4.69) is 32.5 Å². The third kappa shape index (κ3) is 4.27. The van der Waals surface area contributed by atoms with E-state index >= 15 is 0 Å². The van der Waals surface area contributed by atoms with Crippen molar-refractivity contribution >= 4 is 23.1 Å². The minimum atomic E-state index is -0.445. The molecule has 2 aliphatic rings. The Morgan fingerprint density at radius 2 is 2.28 bits per heavy atom. The lowest BCUT2D eigenvalue weighted by Gasteiger charge is -2.17. The van der Waals surface area contributed by atoms with Crippen LogP contribution >= 0.6 is 0 Å². The van der Waals surface area contributed by atoms with Gasteiger partial charge >= 0.3 is 6.09 Å². The Morgan fingerprint density at radius 3 is 3.03 bits per heavy atom. The minimum absolute atomic E-state index is 0.148. The highest BCUT2D eigenvalue weighted by Crippen LogP contribution is 2.38. The van der Waals surface area contributed by atoms with E-state index in [0.717, 1.165) is 43.5 Å². The van der Waals surface area contributed by atoms with Crippen LogP contribution in [-0.2, 0) is 14.2 Å². The molecule has 10 nitrogen and oxygen atoms in total. The number of fused-ring (bicyclic) bond motifs is 1. The van der Waals surface area contributed by atoms with Crippen LogP contribution in [0.4, 0.5) is 10.6 Å². The van der Waals surface area contributed by atoms with Gasteiger partial charge in [-0.15, -0.1) is 0 Å². The second-order valence-electron chi connectivity index (χ2n) is 7.51. The van der Waals surface area contributed by atoms with E-state index in [9.17, 15) is 4.79 Å². The van der Waals surface area contributed by atoms with Crippen LogP contribution in [0.2, 0.25) is 0 Å². The lowest BCUT2D eigenvalue weighted by atomic mass is 9.96. The maximum atomic E-state index is 11.5. The van der Waals surface area contributed by atoms with E-state index in [0.29, 0.717) is 18.3 Å². The van der Waals surface area contributed by atoms with Crippen molar-refractivity contribution in [2.75, 3.05) is 32.2 Å². The quantitative estimate of drug-likeness (QED) is 0.721. The molecule has 0 aromatic carbocycles. The van der Waals surface area contributed by atoms with Gasteiger partial charge in [0, 0.05) is 13.7 Å². The summed E-state index contributed by atoms with van der Waals surface area (Å²) in [5.74, 6) is 1.02. The van der Waals surface area contributed by atoms with Gasteiger partial charge in [0.05, 0.1) is 25.1 Å². The molecule has 158 valence electrons. The summed E-state index contributed by atoms with van der Waals surface area (Å²) in [5.41, 5.74) is 1.45. The molecule has 0 radical (unpaired) electrons. The van der Waals surface area contributed by atoms with Crippen LogP contribution < -0.4 is 10.6 Å². The molecule has 2 saturated heterocycles. The van der Waals surface area contributed by atoms with Crippen molar-refractivity contribution < 1.29 is 19.0 Å². The van der Waals surface area contributed by atoms with Crippen molar-refractivity contribution in [2.45, 2.75) is 51.0 Å². The van der Waals surface area contributed by atoms with Crippen LogP contribution in [0.25, 0.3) is 11.2 Å². The Balaban J connectivity index is 1.52. The zero-order chi connectivity index (χ0) is 20.2. The molecule has 2 aliphatic heterocycles. The number of imidazole rings is 1. The van der Waals surface area contributed by atoms with E-state index in [-0.39, 0.29) is 25.0 Å². The normalized spacial score (nSPS) is 26.7. The molecule has 0 bridgehead atoms. The van der Waals surface area contributed by atoms with Crippen LogP contribution in [0.5, 0.6) is 0 Å². The van der Waals surface area contributed by atoms with Crippen molar-refractivity contribution in [1.82, 2.24) is 24.8 Å².